The number of nitrogens with one attached hydrogen (secondary N) is 1. The van der Waals surface area contributed by atoms with E-state index in [2.05, 4.69) is 47.0 Å². The molecule has 0 aliphatic heterocycles. The summed E-state index contributed by atoms with van der Waals surface area (Å²) in [4.78, 5) is 0. The molecule has 2 heteroatoms. The Hall–Kier alpha value is -0.0800. The summed E-state index contributed by atoms with van der Waals surface area (Å²) in [7, 11) is 2.22. The van der Waals surface area contributed by atoms with Crippen molar-refractivity contribution >= 4 is 0 Å². The molecule has 4 fully saturated rings. The van der Waals surface area contributed by atoms with Gasteiger partial charge >= 0.3 is 0 Å². The van der Waals surface area contributed by atoms with Crippen molar-refractivity contribution in [1.82, 2.24) is 5.32 Å². The van der Waals surface area contributed by atoms with Crippen LogP contribution in [0.1, 0.15) is 105 Å². The lowest BCUT2D eigenvalue weighted by Gasteiger charge is -2.63. The fraction of sp³-hybridized carbons (Fsp3) is 1.00. The van der Waals surface area contributed by atoms with E-state index >= 15 is 0 Å². The van der Waals surface area contributed by atoms with Crippen LogP contribution in [0.15, 0.2) is 0 Å². The molecule has 0 amide bonds. The predicted octanol–water partition coefficient (Wildman–Crippen LogP) is 6.67. The van der Waals surface area contributed by atoms with E-state index < -0.39 is 0 Å². The maximum absolute atomic E-state index is 10.4. The predicted molar refractivity (Wildman–Crippen MR) is 127 cm³/mol. The maximum Gasteiger partial charge on any atom is 0.0543 e. The van der Waals surface area contributed by atoms with Gasteiger partial charge in [-0.3, -0.25) is 0 Å². The Labute approximate surface area is 187 Å². The number of hydrogen-bond acceptors (Lipinski definition) is 2. The van der Waals surface area contributed by atoms with E-state index in [9.17, 15) is 5.11 Å². The van der Waals surface area contributed by atoms with Gasteiger partial charge in [-0.2, -0.15) is 0 Å². The van der Waals surface area contributed by atoms with Crippen molar-refractivity contribution in [3.05, 3.63) is 0 Å². The summed E-state index contributed by atoms with van der Waals surface area (Å²) < 4.78 is 0. The van der Waals surface area contributed by atoms with Crippen molar-refractivity contribution < 1.29 is 5.11 Å². The Morgan fingerprint density at radius 1 is 0.900 bits per heavy atom. The lowest BCUT2D eigenvalue weighted by molar-refractivity contribution is -0.141. The van der Waals surface area contributed by atoms with Gasteiger partial charge in [-0.1, -0.05) is 53.9 Å². The smallest absolute Gasteiger partial charge is 0.0543 e. The Kier molecular flexibility index (Phi) is 6.69. The first kappa shape index (κ1) is 23.1. The molecule has 4 aliphatic carbocycles. The molecule has 2 nitrogen and oxygen atoms in total. The van der Waals surface area contributed by atoms with Crippen LogP contribution in [0.5, 0.6) is 0 Å². The molecule has 30 heavy (non-hydrogen) atoms. The van der Waals surface area contributed by atoms with Gasteiger partial charge < -0.3 is 10.4 Å². The normalized spacial score (nSPS) is 49.4. The standard InChI is InChI=1S/C28H51NO/c1-18(2)8-7-9-19(3)22-10-11-23-26-24(13-15-28(22,23)5)27(4)14-12-21(30)16-20(27)17-25(26)29-6/h18-26,29-30H,7-17H2,1-6H3/t19-,20-,21+,22-,23+,24+,25+,26+,27+,28-/m1/s1. The first-order valence-electron chi connectivity index (χ1n) is 13.6. The molecule has 0 aromatic heterocycles. The lowest BCUT2D eigenvalue weighted by atomic mass is 9.43. The summed E-state index contributed by atoms with van der Waals surface area (Å²) in [6, 6.07) is 0.665. The highest BCUT2D eigenvalue weighted by molar-refractivity contribution is 5.12. The number of aliphatic hydroxyl groups excluding tert-OH is 1. The van der Waals surface area contributed by atoms with Crippen LogP contribution < -0.4 is 5.32 Å². The van der Waals surface area contributed by atoms with Crippen molar-refractivity contribution in [3.63, 3.8) is 0 Å². The highest BCUT2D eigenvalue weighted by Gasteiger charge is 2.62. The average Bonchev–Trinajstić information content (AvgIpc) is 3.05. The molecule has 0 bridgehead atoms. The van der Waals surface area contributed by atoms with Crippen LogP contribution in [-0.2, 0) is 0 Å². The molecular formula is C28H51NO. The van der Waals surface area contributed by atoms with E-state index in [1.165, 1.54) is 57.8 Å². The quantitative estimate of drug-likeness (QED) is 0.506. The van der Waals surface area contributed by atoms with Crippen LogP contribution >= 0.6 is 0 Å². The summed E-state index contributed by atoms with van der Waals surface area (Å²) in [5, 5.41) is 14.2. The monoisotopic (exact) mass is 417 g/mol. The molecule has 10 atom stereocenters. The SMILES string of the molecule is CN[C@H]1C[C@H]2C[C@@H](O)CC[C@]2(C)[C@H]2CC[C@]3(C)[C@@H]([C@H](C)CCCC(C)C)CC[C@H]3[C@H]12. The van der Waals surface area contributed by atoms with Crippen LogP contribution in [0.4, 0.5) is 0 Å². The van der Waals surface area contributed by atoms with Gasteiger partial charge in [0, 0.05) is 6.04 Å². The minimum Gasteiger partial charge on any atom is -0.393 e. The molecule has 2 N–H and O–H groups in total. The van der Waals surface area contributed by atoms with Crippen LogP contribution in [0.3, 0.4) is 0 Å². The van der Waals surface area contributed by atoms with E-state index in [1.54, 1.807) is 0 Å². The zero-order valence-corrected chi connectivity index (χ0v) is 20.9. The average molecular weight is 418 g/mol. The van der Waals surface area contributed by atoms with Crippen molar-refractivity contribution in [2.75, 3.05) is 7.05 Å². The van der Waals surface area contributed by atoms with Crippen molar-refractivity contribution in [2.24, 2.45) is 52.3 Å². The third-order valence-electron chi connectivity index (χ3n) is 11.3. The van der Waals surface area contributed by atoms with Gasteiger partial charge in [0.2, 0.25) is 0 Å². The van der Waals surface area contributed by atoms with E-state index in [0.29, 0.717) is 16.9 Å². The summed E-state index contributed by atoms with van der Waals surface area (Å²) in [6.45, 7) is 12.7. The molecule has 174 valence electrons. The van der Waals surface area contributed by atoms with Gasteiger partial charge in [0.15, 0.2) is 0 Å². The van der Waals surface area contributed by atoms with Crippen LogP contribution in [0, 0.1) is 52.3 Å². The second-order valence-electron chi connectivity index (χ2n) is 13.1. The fourth-order valence-electron chi connectivity index (χ4n) is 9.57. The number of fused-ring (bicyclic) bond motifs is 5. The van der Waals surface area contributed by atoms with Gasteiger partial charge in [-0.25, -0.2) is 0 Å². The Morgan fingerprint density at radius 3 is 2.30 bits per heavy atom. The molecule has 0 aromatic carbocycles. The minimum absolute atomic E-state index is 0.0477. The maximum atomic E-state index is 10.4. The molecule has 4 aliphatic rings. The largest absolute Gasteiger partial charge is 0.393 e. The third kappa shape index (κ3) is 3.81. The van der Waals surface area contributed by atoms with Crippen molar-refractivity contribution in [2.45, 2.75) is 117 Å². The molecule has 0 radical (unpaired) electrons. The fourth-order valence-corrected chi connectivity index (χ4v) is 9.57. The second kappa shape index (κ2) is 8.69. The minimum atomic E-state index is -0.0477. The zero-order chi connectivity index (χ0) is 21.7. The first-order valence-corrected chi connectivity index (χ1v) is 13.6. The van der Waals surface area contributed by atoms with Gasteiger partial charge in [0.25, 0.3) is 0 Å². The second-order valence-corrected chi connectivity index (χ2v) is 13.1. The van der Waals surface area contributed by atoms with Crippen molar-refractivity contribution in [1.29, 1.82) is 0 Å². The van der Waals surface area contributed by atoms with E-state index in [1.807, 2.05) is 0 Å². The molecular weight excluding hydrogens is 366 g/mol. The van der Waals surface area contributed by atoms with Crippen LogP contribution in [0.25, 0.3) is 0 Å². The molecule has 0 saturated heterocycles. The van der Waals surface area contributed by atoms with Gasteiger partial charge in [-0.05, 0) is 111 Å². The number of rotatable bonds is 6. The Bertz CT molecular complexity index is 589. The van der Waals surface area contributed by atoms with Crippen LogP contribution in [0.2, 0.25) is 0 Å². The summed E-state index contributed by atoms with van der Waals surface area (Å²) >= 11 is 0. The lowest BCUT2D eigenvalue weighted by Crippen LogP contribution is -2.61. The van der Waals surface area contributed by atoms with Gasteiger partial charge in [-0.15, -0.1) is 0 Å². The Morgan fingerprint density at radius 2 is 1.60 bits per heavy atom. The number of aliphatic hydroxyl groups is 1. The molecule has 0 spiro atoms. The summed E-state index contributed by atoms with van der Waals surface area (Å²) in [5.74, 6) is 6.03. The molecule has 0 unspecified atom stereocenters. The zero-order valence-electron chi connectivity index (χ0n) is 20.9. The van der Waals surface area contributed by atoms with E-state index in [4.69, 9.17) is 0 Å². The van der Waals surface area contributed by atoms with Crippen LogP contribution in [-0.4, -0.2) is 24.3 Å². The molecule has 0 aromatic rings. The van der Waals surface area contributed by atoms with Gasteiger partial charge in [0.05, 0.1) is 6.10 Å². The highest BCUT2D eigenvalue weighted by Crippen LogP contribution is 2.68. The third-order valence-corrected chi connectivity index (χ3v) is 11.3. The highest BCUT2D eigenvalue weighted by atomic mass is 16.3. The summed E-state index contributed by atoms with van der Waals surface area (Å²) in [5.41, 5.74) is 1.03. The van der Waals surface area contributed by atoms with E-state index in [-0.39, 0.29) is 6.10 Å². The Balaban J connectivity index is 1.53. The van der Waals surface area contributed by atoms with E-state index in [0.717, 1.165) is 54.3 Å². The van der Waals surface area contributed by atoms with Crippen molar-refractivity contribution in [3.8, 4) is 0 Å². The first-order chi connectivity index (χ1) is 14.2. The topological polar surface area (TPSA) is 32.3 Å². The number of hydrogen-bond donors (Lipinski definition) is 2. The summed E-state index contributed by atoms with van der Waals surface area (Å²) in [6.07, 6.45) is 14.7. The van der Waals surface area contributed by atoms with Gasteiger partial charge in [0.1, 0.15) is 0 Å². The molecule has 4 rings (SSSR count). The molecule has 4 saturated carbocycles. The molecule has 0 heterocycles.